The molecule has 6 rings (SSSR count). The van der Waals surface area contributed by atoms with Crippen LogP contribution < -0.4 is 20.7 Å². The van der Waals surface area contributed by atoms with E-state index in [2.05, 4.69) is 20.9 Å². The molecule has 3 aromatic carbocycles. The average Bonchev–Trinajstić information content (AvgIpc) is 3.95. The Bertz CT molecular complexity index is 2170. The van der Waals surface area contributed by atoms with Gasteiger partial charge in [0, 0.05) is 31.3 Å². The van der Waals surface area contributed by atoms with Crippen molar-refractivity contribution in [3.8, 4) is 26.8 Å². The monoisotopic (exact) mass is 828 g/mol. The molecule has 5 aromatic rings. The largest absolute Gasteiger partial charge is 0.491 e. The number of thiazole rings is 2. The number of aliphatic hydroxyl groups excluding tert-OH is 1. The molecule has 0 bridgehead atoms. The predicted octanol–water partition coefficient (Wildman–Crippen LogP) is 6.22. The van der Waals surface area contributed by atoms with Crippen LogP contribution in [0, 0.1) is 12.3 Å². The van der Waals surface area contributed by atoms with E-state index < -0.39 is 35.4 Å². The Kier molecular flexibility index (Phi) is 14.1. The maximum absolute atomic E-state index is 14.0. The van der Waals surface area contributed by atoms with Gasteiger partial charge in [0.1, 0.15) is 36.1 Å². The number of ether oxygens (including phenoxy) is 3. The Hall–Kier alpha value is -4.93. The molecule has 0 spiro atoms. The zero-order valence-electron chi connectivity index (χ0n) is 33.7. The van der Waals surface area contributed by atoms with Gasteiger partial charge in [-0.25, -0.2) is 9.97 Å². The molecule has 1 aliphatic rings. The van der Waals surface area contributed by atoms with Gasteiger partial charge in [0.15, 0.2) is 0 Å². The first kappa shape index (κ1) is 42.7. The first-order chi connectivity index (χ1) is 27.8. The van der Waals surface area contributed by atoms with Crippen molar-refractivity contribution in [1.29, 1.82) is 0 Å². The summed E-state index contributed by atoms with van der Waals surface area (Å²) in [5.41, 5.74) is 7.06. The van der Waals surface area contributed by atoms with E-state index in [0.29, 0.717) is 13.2 Å². The lowest BCUT2D eigenvalue weighted by Gasteiger charge is -2.35. The molecule has 0 saturated carbocycles. The normalized spacial score (nSPS) is 16.6. The van der Waals surface area contributed by atoms with Gasteiger partial charge >= 0.3 is 0 Å². The summed E-state index contributed by atoms with van der Waals surface area (Å²) in [5.74, 6) is -0.553. The van der Waals surface area contributed by atoms with Crippen LogP contribution in [0.3, 0.4) is 0 Å². The van der Waals surface area contributed by atoms with Crippen LogP contribution in [0.2, 0.25) is 0 Å². The lowest BCUT2D eigenvalue weighted by Crippen LogP contribution is -2.58. The number of amides is 3. The number of rotatable bonds is 17. The molecule has 2 aromatic heterocycles. The summed E-state index contributed by atoms with van der Waals surface area (Å²) in [6.45, 7) is 10.2. The minimum Gasteiger partial charge on any atom is -0.491 e. The topological polar surface area (TPSA) is 164 Å². The highest BCUT2D eigenvalue weighted by Gasteiger charge is 2.44. The van der Waals surface area contributed by atoms with E-state index in [-0.39, 0.29) is 44.7 Å². The lowest BCUT2D eigenvalue weighted by atomic mass is 9.85. The van der Waals surface area contributed by atoms with Crippen molar-refractivity contribution in [2.24, 2.45) is 5.41 Å². The van der Waals surface area contributed by atoms with Crippen LogP contribution in [-0.4, -0.2) is 103 Å². The third kappa shape index (κ3) is 10.8. The van der Waals surface area contributed by atoms with Crippen molar-refractivity contribution in [2.75, 3.05) is 51.9 Å². The summed E-state index contributed by atoms with van der Waals surface area (Å²) >= 11 is 3.18. The van der Waals surface area contributed by atoms with Crippen molar-refractivity contribution < 1.29 is 33.7 Å². The van der Waals surface area contributed by atoms with E-state index in [9.17, 15) is 19.5 Å². The van der Waals surface area contributed by atoms with Gasteiger partial charge in [-0.15, -0.1) is 22.7 Å². The molecule has 0 radical (unpaired) electrons. The first-order valence-electron chi connectivity index (χ1n) is 19.4. The van der Waals surface area contributed by atoms with Crippen LogP contribution in [0.15, 0.2) is 72.2 Å². The molecule has 3 heterocycles. The van der Waals surface area contributed by atoms with E-state index in [0.717, 1.165) is 53.9 Å². The van der Waals surface area contributed by atoms with Gasteiger partial charge in [-0.1, -0.05) is 45.0 Å². The van der Waals surface area contributed by atoms with E-state index >= 15 is 0 Å². The highest BCUT2D eigenvalue weighted by molar-refractivity contribution is 7.21. The molecule has 3 amide bonds. The second kappa shape index (κ2) is 19.2. The molecule has 15 heteroatoms. The molecule has 1 saturated heterocycles. The molecular formula is C43H52N6O7S2. The van der Waals surface area contributed by atoms with Crippen LogP contribution in [0.4, 0.5) is 5.69 Å². The number of aromatic nitrogens is 2. The number of carbonyl (C=O) groups is 3. The number of nitrogens with one attached hydrogen (secondary N) is 3. The number of likely N-dealkylation sites (tertiary alicyclic amines) is 1. The number of anilines is 1. The van der Waals surface area contributed by atoms with Crippen LogP contribution in [0.25, 0.3) is 31.2 Å². The summed E-state index contributed by atoms with van der Waals surface area (Å²) in [7, 11) is 1.89. The van der Waals surface area contributed by atoms with Crippen LogP contribution in [0.1, 0.15) is 51.4 Å². The zero-order valence-corrected chi connectivity index (χ0v) is 35.4. The van der Waals surface area contributed by atoms with Crippen molar-refractivity contribution in [3.63, 3.8) is 0 Å². The molecule has 4 unspecified atom stereocenters. The van der Waals surface area contributed by atoms with Gasteiger partial charge in [-0.05, 0) is 72.9 Å². The Morgan fingerprint density at radius 3 is 2.34 bits per heavy atom. The highest BCUT2D eigenvalue weighted by atomic mass is 32.1. The second-order valence-corrected chi connectivity index (χ2v) is 17.3. The number of nitrogens with zero attached hydrogens (tertiary/aromatic N) is 3. The van der Waals surface area contributed by atoms with Crippen molar-refractivity contribution in [1.82, 2.24) is 25.5 Å². The fraction of sp³-hybridized carbons (Fsp3) is 0.419. The lowest BCUT2D eigenvalue weighted by molar-refractivity contribution is -0.144. The highest BCUT2D eigenvalue weighted by Crippen LogP contribution is 2.33. The molecule has 13 nitrogen and oxygen atoms in total. The zero-order chi connectivity index (χ0) is 41.4. The summed E-state index contributed by atoms with van der Waals surface area (Å²) < 4.78 is 18.1. The van der Waals surface area contributed by atoms with Crippen molar-refractivity contribution in [3.05, 3.63) is 83.5 Å². The van der Waals surface area contributed by atoms with E-state index in [1.165, 1.54) is 4.90 Å². The van der Waals surface area contributed by atoms with Gasteiger partial charge in [-0.3, -0.25) is 14.4 Å². The summed E-state index contributed by atoms with van der Waals surface area (Å²) in [5, 5.41) is 20.5. The number of aliphatic hydroxyl groups is 1. The Labute approximate surface area is 347 Å². The van der Waals surface area contributed by atoms with Gasteiger partial charge in [0.05, 0.1) is 58.3 Å². The number of carbonyl (C=O) groups excluding carboxylic acids is 3. The summed E-state index contributed by atoms with van der Waals surface area (Å²) in [6.07, 6.45) is -0.771. The molecule has 308 valence electrons. The predicted molar refractivity (Wildman–Crippen MR) is 228 cm³/mol. The molecule has 4 atom stereocenters. The van der Waals surface area contributed by atoms with E-state index in [1.807, 2.05) is 114 Å². The maximum Gasteiger partial charge on any atom is 0.246 e. The Balaban J connectivity index is 0.922. The molecule has 4 N–H and O–H groups in total. The summed E-state index contributed by atoms with van der Waals surface area (Å²) in [6, 6.07) is 19.7. The quantitative estimate of drug-likeness (QED) is 0.0792. The standard InChI is InChI=1S/C43H52N6O7S2/c1-26(28-7-9-29(10-8-28)38-27(2)45-25-57-38)46-40(52)35-21-32(50)23-49(35)42(53)39(43(3,4)5)48-37(51)24-55-18-17-54-19-20-56-33-15-16-34-36(22-33)58-41(47-34)30-11-13-31(44-6)14-12-30/h7-16,22,25-26,32,35,39,44,50H,17-21,23-24H2,1-6H3,(H,46,52)(H,48,51). The number of fused-ring (bicyclic) bond motifs is 1. The van der Waals surface area contributed by atoms with Gasteiger partial charge in [0.2, 0.25) is 17.7 Å². The fourth-order valence-corrected chi connectivity index (χ4v) is 8.53. The molecule has 1 aliphatic heterocycles. The van der Waals surface area contributed by atoms with Gasteiger partial charge < -0.3 is 40.2 Å². The van der Waals surface area contributed by atoms with Gasteiger partial charge in [-0.2, -0.15) is 0 Å². The Morgan fingerprint density at radius 2 is 1.66 bits per heavy atom. The van der Waals surface area contributed by atoms with Crippen molar-refractivity contribution >= 4 is 56.3 Å². The number of β-amino-alcohol motifs (C(OH)–C–C–N with tert-alkyl or cyclic N) is 1. The third-order valence-corrected chi connectivity index (χ3v) is 12.0. The minimum absolute atomic E-state index is 0.0126. The van der Waals surface area contributed by atoms with Crippen LogP contribution in [0.5, 0.6) is 5.75 Å². The molecule has 0 aliphatic carbocycles. The summed E-state index contributed by atoms with van der Waals surface area (Å²) in [4.78, 5) is 52.1. The number of aryl methyl sites for hydroxylation is 1. The fourth-order valence-electron chi connectivity index (χ4n) is 6.72. The number of hydrogen-bond donors (Lipinski definition) is 4. The SMILES string of the molecule is CNc1ccc(-c2nc3ccc(OCCOCCOCC(=O)NC(C(=O)N4CC(O)CC4C(=O)NC(C)c4ccc(-c5scnc5C)cc4)C(C)(C)C)cc3s2)cc1. The van der Waals surface area contributed by atoms with E-state index in [4.69, 9.17) is 19.2 Å². The first-order valence-corrected chi connectivity index (χ1v) is 21.1. The minimum atomic E-state index is -0.960. The van der Waals surface area contributed by atoms with E-state index in [1.54, 1.807) is 22.7 Å². The van der Waals surface area contributed by atoms with Crippen LogP contribution in [-0.2, 0) is 23.9 Å². The van der Waals surface area contributed by atoms with Crippen LogP contribution >= 0.6 is 22.7 Å². The maximum atomic E-state index is 14.0. The smallest absolute Gasteiger partial charge is 0.246 e. The average molecular weight is 829 g/mol. The van der Waals surface area contributed by atoms with Gasteiger partial charge in [0.25, 0.3) is 0 Å². The Morgan fingerprint density at radius 1 is 0.948 bits per heavy atom. The molecule has 1 fully saturated rings. The number of benzene rings is 3. The molecular weight excluding hydrogens is 777 g/mol. The number of hydrogen-bond acceptors (Lipinski definition) is 12. The van der Waals surface area contributed by atoms with Crippen molar-refractivity contribution in [2.45, 2.75) is 65.3 Å². The second-order valence-electron chi connectivity index (χ2n) is 15.4. The third-order valence-electron chi connectivity index (χ3n) is 9.94. The molecule has 58 heavy (non-hydrogen) atoms.